The van der Waals surface area contributed by atoms with Crippen molar-refractivity contribution >= 4 is 29.0 Å². The summed E-state index contributed by atoms with van der Waals surface area (Å²) in [5.41, 5.74) is 17.6. The summed E-state index contributed by atoms with van der Waals surface area (Å²) in [6.07, 6.45) is 4.62. The van der Waals surface area contributed by atoms with Crippen LogP contribution in [0.1, 0.15) is 25.1 Å². The minimum absolute atomic E-state index is 0.654. The molecule has 27 heavy (non-hydrogen) atoms. The second kappa shape index (κ2) is 7.21. The van der Waals surface area contributed by atoms with Crippen LogP contribution in [-0.2, 0) is 6.42 Å². The fourth-order valence-corrected chi connectivity index (χ4v) is 3.05. The largest absolute Gasteiger partial charge is 0.397 e. The van der Waals surface area contributed by atoms with Crippen molar-refractivity contribution in [1.29, 1.82) is 0 Å². The van der Waals surface area contributed by atoms with Crippen molar-refractivity contribution in [2.45, 2.75) is 20.3 Å². The number of pyridine rings is 1. The van der Waals surface area contributed by atoms with Crippen LogP contribution in [0, 0.1) is 0 Å². The number of benzene rings is 2. The third-order valence-electron chi connectivity index (χ3n) is 4.68. The van der Waals surface area contributed by atoms with E-state index >= 15 is 0 Å². The summed E-state index contributed by atoms with van der Waals surface area (Å²) in [5.74, 6) is 0. The Kier molecular flexibility index (Phi) is 4.60. The molecular weight excluding hydrogens is 334 g/mol. The Labute approximate surface area is 159 Å². The molecule has 4 rings (SSSR count). The normalized spacial score (nSPS) is 12.4. The molecule has 0 amide bonds. The van der Waals surface area contributed by atoms with Gasteiger partial charge in [-0.25, -0.2) is 5.43 Å². The van der Waals surface area contributed by atoms with Crippen molar-refractivity contribution in [3.05, 3.63) is 66.0 Å². The van der Waals surface area contributed by atoms with Gasteiger partial charge < -0.3 is 5.73 Å². The number of nitrogens with one attached hydrogen (secondary N) is 1. The van der Waals surface area contributed by atoms with Gasteiger partial charge in [0.05, 0.1) is 34.7 Å². The highest BCUT2D eigenvalue weighted by Gasteiger charge is 2.28. The number of nitrogen functional groups attached to an aromatic ring is 1. The summed E-state index contributed by atoms with van der Waals surface area (Å²) in [4.78, 5) is 8.98. The fourth-order valence-electron chi connectivity index (χ4n) is 3.05. The summed E-state index contributed by atoms with van der Waals surface area (Å²) in [6.45, 7) is 5.11. The maximum atomic E-state index is 6.13. The molecule has 1 aliphatic rings. The molecule has 0 fully saturated rings. The molecule has 136 valence electrons. The van der Waals surface area contributed by atoms with Gasteiger partial charge in [0, 0.05) is 12.7 Å². The van der Waals surface area contributed by atoms with Crippen molar-refractivity contribution in [3.8, 4) is 11.1 Å². The molecule has 5 heteroatoms. The van der Waals surface area contributed by atoms with Crippen LogP contribution in [-0.4, -0.2) is 17.7 Å². The highest BCUT2D eigenvalue weighted by Crippen LogP contribution is 2.48. The van der Waals surface area contributed by atoms with Crippen molar-refractivity contribution in [3.63, 3.8) is 0 Å². The molecule has 5 nitrogen and oxygen atoms in total. The smallest absolute Gasteiger partial charge is 0.0865 e. The molecule has 0 atom stereocenters. The molecule has 1 aliphatic heterocycles. The summed E-state index contributed by atoms with van der Waals surface area (Å²) in [7, 11) is 0. The van der Waals surface area contributed by atoms with E-state index in [4.69, 9.17) is 5.73 Å². The number of nitrogens with two attached hydrogens (primary N) is 1. The molecule has 0 aliphatic carbocycles. The third kappa shape index (κ3) is 3.55. The van der Waals surface area contributed by atoms with Gasteiger partial charge in [0.25, 0.3) is 0 Å². The zero-order chi connectivity index (χ0) is 18.8. The molecule has 1 aromatic heterocycles. The summed E-state index contributed by atoms with van der Waals surface area (Å²) in [5, 5.41) is 2.10. The molecule has 3 N–H and O–H groups in total. The molecule has 0 bridgehead atoms. The molecule has 3 aromatic rings. The Hall–Kier alpha value is -3.18. The second-order valence-corrected chi connectivity index (χ2v) is 6.53. The summed E-state index contributed by atoms with van der Waals surface area (Å²) in [6, 6.07) is 16.4. The molecule has 0 unspecified atom stereocenters. The maximum Gasteiger partial charge on any atom is 0.0865 e. The number of rotatable bonds is 6. The number of aryl methyl sites for hydroxylation is 1. The first-order valence-electron chi connectivity index (χ1n) is 9.26. The van der Waals surface area contributed by atoms with Gasteiger partial charge in [-0.2, -0.15) is 0 Å². The van der Waals surface area contributed by atoms with Crippen molar-refractivity contribution in [1.82, 2.24) is 10.4 Å². The van der Waals surface area contributed by atoms with E-state index in [-0.39, 0.29) is 0 Å². The van der Waals surface area contributed by atoms with Gasteiger partial charge in [-0.05, 0) is 53.4 Å². The van der Waals surface area contributed by atoms with E-state index in [1.54, 1.807) is 6.21 Å². The van der Waals surface area contributed by atoms with Gasteiger partial charge in [-0.15, -0.1) is 0 Å². The molecule has 0 spiro atoms. The number of hydrogen-bond donors (Lipinski definition) is 2. The van der Waals surface area contributed by atoms with Crippen LogP contribution in [0.2, 0.25) is 0 Å². The highest BCUT2D eigenvalue weighted by molar-refractivity contribution is 5.95. The number of fused-ring (bicyclic) bond motifs is 1. The zero-order valence-electron chi connectivity index (χ0n) is 15.6. The minimum atomic E-state index is 0.654. The molecule has 0 saturated carbocycles. The van der Waals surface area contributed by atoms with Crippen LogP contribution in [0.3, 0.4) is 0 Å². The van der Waals surface area contributed by atoms with Gasteiger partial charge in [-0.1, -0.05) is 32.0 Å². The van der Waals surface area contributed by atoms with E-state index in [1.807, 2.05) is 30.5 Å². The lowest BCUT2D eigenvalue weighted by Crippen LogP contribution is -2.21. The van der Waals surface area contributed by atoms with E-state index in [0.29, 0.717) is 5.69 Å². The lowest BCUT2D eigenvalue weighted by atomic mass is 10.0. The number of anilines is 3. The molecule has 0 saturated heterocycles. The average molecular weight is 357 g/mol. The maximum absolute atomic E-state index is 6.13. The van der Waals surface area contributed by atoms with E-state index in [9.17, 15) is 0 Å². The third-order valence-corrected chi connectivity index (χ3v) is 4.68. The summed E-state index contributed by atoms with van der Waals surface area (Å²) < 4.78 is 0. The molecule has 2 aromatic carbocycles. The van der Waals surface area contributed by atoms with Crippen LogP contribution in [0.15, 0.2) is 59.7 Å². The number of aromatic nitrogens is 1. The van der Waals surface area contributed by atoms with Crippen molar-refractivity contribution in [2.24, 2.45) is 4.99 Å². The fraction of sp³-hybridized carbons (Fsp3) is 0.182. The standard InChI is InChI=1S/C22H23N5/c1-3-15-5-8-18(24-13-15)14-25-20-11-16(6-9-19(20)23)17-7-10-21-22(12-17)27(21)26-4-2/h5-14,26H,3-4,23H2,1-2H3. The highest BCUT2D eigenvalue weighted by atomic mass is 15.6. The topological polar surface area (TPSA) is 66.3 Å². The van der Waals surface area contributed by atoms with E-state index in [0.717, 1.165) is 35.5 Å². The van der Waals surface area contributed by atoms with Crippen LogP contribution in [0.5, 0.6) is 0 Å². The quantitative estimate of drug-likeness (QED) is 0.384. The second-order valence-electron chi connectivity index (χ2n) is 6.53. The lowest BCUT2D eigenvalue weighted by molar-refractivity contribution is 0.788. The lowest BCUT2D eigenvalue weighted by Gasteiger charge is -2.05. The first kappa shape index (κ1) is 17.2. The first-order chi connectivity index (χ1) is 13.2. The van der Waals surface area contributed by atoms with Crippen LogP contribution >= 0.6 is 0 Å². The Morgan fingerprint density at radius 2 is 1.85 bits per heavy atom. The van der Waals surface area contributed by atoms with Crippen LogP contribution in [0.4, 0.5) is 22.7 Å². The van der Waals surface area contributed by atoms with Crippen molar-refractivity contribution in [2.75, 3.05) is 17.3 Å². The predicted molar refractivity (Wildman–Crippen MR) is 113 cm³/mol. The van der Waals surface area contributed by atoms with Crippen molar-refractivity contribution < 1.29 is 0 Å². The SMILES string of the molecule is CCNN1c2ccc(-c3ccc(N)c(N=Cc4ccc(CC)cn4)c3)cc21. The number of hydrogen-bond acceptors (Lipinski definition) is 5. The average Bonchev–Trinajstić information content (AvgIpc) is 3.40. The predicted octanol–water partition coefficient (Wildman–Crippen LogP) is 4.62. The Balaban J connectivity index is 1.58. The number of hydrazine groups is 1. The monoisotopic (exact) mass is 357 g/mol. The van der Waals surface area contributed by atoms with Gasteiger partial charge in [0.1, 0.15) is 0 Å². The Bertz CT molecular complexity index is 992. The van der Waals surface area contributed by atoms with E-state index < -0.39 is 0 Å². The van der Waals surface area contributed by atoms with Gasteiger partial charge in [0.2, 0.25) is 0 Å². The number of aliphatic imine (C=N–C) groups is 1. The van der Waals surface area contributed by atoms with E-state index in [2.05, 4.69) is 58.5 Å². The van der Waals surface area contributed by atoms with Crippen LogP contribution in [0.25, 0.3) is 11.1 Å². The first-order valence-corrected chi connectivity index (χ1v) is 9.26. The molecular formula is C22H23N5. The number of nitrogens with zero attached hydrogens (tertiary/aromatic N) is 3. The van der Waals surface area contributed by atoms with Crippen LogP contribution < -0.4 is 16.2 Å². The van der Waals surface area contributed by atoms with Gasteiger partial charge in [-0.3, -0.25) is 15.0 Å². The molecule has 0 radical (unpaired) electrons. The summed E-state index contributed by atoms with van der Waals surface area (Å²) >= 11 is 0. The van der Waals surface area contributed by atoms with E-state index in [1.165, 1.54) is 16.9 Å². The Morgan fingerprint density at radius 3 is 2.59 bits per heavy atom. The zero-order valence-corrected chi connectivity index (χ0v) is 15.6. The van der Waals surface area contributed by atoms with Gasteiger partial charge in [0.15, 0.2) is 0 Å². The Morgan fingerprint density at radius 1 is 1.04 bits per heavy atom. The molecule has 2 heterocycles. The van der Waals surface area contributed by atoms with Gasteiger partial charge >= 0.3 is 0 Å². The minimum Gasteiger partial charge on any atom is -0.397 e.